The molecule has 0 spiro atoms. The smallest absolute Gasteiger partial charge is 0.202 e. The summed E-state index contributed by atoms with van der Waals surface area (Å²) in [5.74, 6) is -3.87. The number of rotatable bonds is 0. The van der Waals surface area contributed by atoms with E-state index in [0.29, 0.717) is 0 Å². The zero-order valence-electron chi connectivity index (χ0n) is 5.46. The molecule has 0 aromatic carbocycles. The van der Waals surface area contributed by atoms with Gasteiger partial charge >= 0.3 is 0 Å². The molecule has 1 rings (SSSR count). The van der Waals surface area contributed by atoms with Crippen molar-refractivity contribution in [3.63, 3.8) is 0 Å². The van der Waals surface area contributed by atoms with Gasteiger partial charge in [-0.2, -0.15) is 13.8 Å². The molecule has 5 heteroatoms. The van der Waals surface area contributed by atoms with E-state index in [1.54, 1.807) is 0 Å². The van der Waals surface area contributed by atoms with Crippen molar-refractivity contribution < 1.29 is 13.2 Å². The Hall–Kier alpha value is -0.770. The van der Waals surface area contributed by atoms with Crippen LogP contribution in [-0.4, -0.2) is 4.98 Å². The second-order valence-electron chi connectivity index (χ2n) is 1.95. The summed E-state index contributed by atoms with van der Waals surface area (Å²) in [6.45, 7) is 1.17. The first kappa shape index (κ1) is 8.33. The molecule has 1 aromatic rings. The molecule has 0 saturated heterocycles. The summed E-state index contributed by atoms with van der Waals surface area (Å²) >= 11 is 5.21. The zero-order chi connectivity index (χ0) is 8.59. The summed E-state index contributed by atoms with van der Waals surface area (Å²) in [5.41, 5.74) is -0.267. The van der Waals surface area contributed by atoms with Crippen molar-refractivity contribution in [2.24, 2.45) is 0 Å². The maximum Gasteiger partial charge on any atom is 0.251 e. The molecular formula is C6H3ClF3N. The zero-order valence-corrected chi connectivity index (χ0v) is 6.22. The van der Waals surface area contributed by atoms with Gasteiger partial charge < -0.3 is 0 Å². The summed E-state index contributed by atoms with van der Waals surface area (Å²) in [4.78, 5) is 2.59. The Morgan fingerprint density at radius 3 is 2.27 bits per heavy atom. The normalized spacial score (nSPS) is 10.3. The van der Waals surface area contributed by atoms with Gasteiger partial charge in [-0.25, -0.2) is 4.39 Å². The second kappa shape index (κ2) is 2.70. The van der Waals surface area contributed by atoms with Gasteiger partial charge in [-0.3, -0.25) is 0 Å². The third kappa shape index (κ3) is 1.30. The van der Waals surface area contributed by atoms with Crippen LogP contribution in [0.1, 0.15) is 5.56 Å². The first-order chi connectivity index (χ1) is 5.04. The van der Waals surface area contributed by atoms with Crippen LogP contribution in [0, 0.1) is 24.6 Å². The van der Waals surface area contributed by atoms with Crippen molar-refractivity contribution in [2.45, 2.75) is 6.92 Å². The molecule has 0 saturated carbocycles. The average Bonchev–Trinajstić information content (AvgIpc) is 1.97. The Balaban J connectivity index is 3.46. The van der Waals surface area contributed by atoms with Gasteiger partial charge in [0.25, 0.3) is 5.95 Å². The van der Waals surface area contributed by atoms with Crippen LogP contribution in [0.5, 0.6) is 0 Å². The largest absolute Gasteiger partial charge is 0.251 e. The fourth-order valence-electron chi connectivity index (χ4n) is 0.590. The standard InChI is InChI=1S/C6H3ClF3N/c1-2-3(7)5(9)11-6(10)4(2)8/h1H3. The number of hydrogen-bond acceptors (Lipinski definition) is 1. The Morgan fingerprint density at radius 2 is 1.73 bits per heavy atom. The van der Waals surface area contributed by atoms with E-state index in [1.807, 2.05) is 0 Å². The third-order valence-corrected chi connectivity index (χ3v) is 1.66. The molecule has 1 aromatic heterocycles. The van der Waals surface area contributed by atoms with Gasteiger partial charge in [-0.05, 0) is 6.92 Å². The molecule has 0 aliphatic carbocycles. The molecule has 0 bridgehead atoms. The van der Waals surface area contributed by atoms with Crippen LogP contribution in [0.3, 0.4) is 0 Å². The molecule has 0 N–H and O–H groups in total. The molecule has 1 nitrogen and oxygen atoms in total. The van der Waals surface area contributed by atoms with Gasteiger partial charge in [-0.1, -0.05) is 11.6 Å². The van der Waals surface area contributed by atoms with Crippen LogP contribution in [0.15, 0.2) is 0 Å². The number of aromatic nitrogens is 1. The lowest BCUT2D eigenvalue weighted by Crippen LogP contribution is -1.98. The highest BCUT2D eigenvalue weighted by Crippen LogP contribution is 2.21. The SMILES string of the molecule is Cc1c(F)c(F)nc(F)c1Cl. The molecule has 0 amide bonds. The van der Waals surface area contributed by atoms with Crippen LogP contribution in [0.2, 0.25) is 5.02 Å². The van der Waals surface area contributed by atoms with Gasteiger partial charge in [0.15, 0.2) is 5.82 Å². The molecule has 1 heterocycles. The quantitative estimate of drug-likeness (QED) is 0.561. The summed E-state index contributed by atoms with van der Waals surface area (Å²) in [6.07, 6.45) is 0. The summed E-state index contributed by atoms with van der Waals surface area (Å²) in [7, 11) is 0. The third-order valence-electron chi connectivity index (χ3n) is 1.22. The fourth-order valence-corrected chi connectivity index (χ4v) is 0.715. The molecular weight excluding hydrogens is 179 g/mol. The van der Waals surface area contributed by atoms with Crippen LogP contribution in [0.25, 0.3) is 0 Å². The van der Waals surface area contributed by atoms with Crippen molar-refractivity contribution in [2.75, 3.05) is 0 Å². The first-order valence-corrected chi connectivity index (χ1v) is 3.08. The summed E-state index contributed by atoms with van der Waals surface area (Å²) in [5, 5.41) is -0.482. The number of halogens is 4. The van der Waals surface area contributed by atoms with E-state index < -0.39 is 22.7 Å². The van der Waals surface area contributed by atoms with Crippen LogP contribution in [-0.2, 0) is 0 Å². The van der Waals surface area contributed by atoms with E-state index in [9.17, 15) is 13.2 Å². The minimum absolute atomic E-state index is 0.267. The van der Waals surface area contributed by atoms with Crippen molar-refractivity contribution in [1.29, 1.82) is 0 Å². The van der Waals surface area contributed by atoms with Gasteiger partial charge in [0.05, 0.1) is 0 Å². The van der Waals surface area contributed by atoms with Gasteiger partial charge in [0, 0.05) is 5.56 Å². The highest BCUT2D eigenvalue weighted by atomic mass is 35.5. The van der Waals surface area contributed by atoms with E-state index in [0.717, 1.165) is 0 Å². The molecule has 0 aliphatic heterocycles. The lowest BCUT2D eigenvalue weighted by molar-refractivity contribution is 0.443. The Bertz CT molecular complexity index is 274. The highest BCUT2D eigenvalue weighted by Gasteiger charge is 2.14. The topological polar surface area (TPSA) is 12.9 Å². The molecule has 60 valence electrons. The van der Waals surface area contributed by atoms with E-state index in [-0.39, 0.29) is 5.56 Å². The number of hydrogen-bond donors (Lipinski definition) is 0. The van der Waals surface area contributed by atoms with Crippen molar-refractivity contribution in [3.8, 4) is 0 Å². The molecule has 0 aliphatic rings. The Kier molecular flexibility index (Phi) is 2.04. The lowest BCUT2D eigenvalue weighted by Gasteiger charge is -1.99. The van der Waals surface area contributed by atoms with Gasteiger partial charge in [0.1, 0.15) is 5.02 Å². The second-order valence-corrected chi connectivity index (χ2v) is 2.32. The summed E-state index contributed by atoms with van der Waals surface area (Å²) in [6, 6.07) is 0. The molecule has 0 unspecified atom stereocenters. The predicted octanol–water partition coefficient (Wildman–Crippen LogP) is 2.46. The maximum atomic E-state index is 12.5. The molecule has 0 radical (unpaired) electrons. The Morgan fingerprint density at radius 1 is 1.18 bits per heavy atom. The minimum Gasteiger partial charge on any atom is -0.202 e. The Labute approximate surface area is 65.8 Å². The molecule has 0 fully saturated rings. The minimum atomic E-state index is -1.47. The molecule has 11 heavy (non-hydrogen) atoms. The van der Waals surface area contributed by atoms with Gasteiger partial charge in [-0.15, -0.1) is 0 Å². The van der Waals surface area contributed by atoms with E-state index in [4.69, 9.17) is 11.6 Å². The first-order valence-electron chi connectivity index (χ1n) is 2.70. The van der Waals surface area contributed by atoms with E-state index in [2.05, 4.69) is 4.98 Å². The van der Waals surface area contributed by atoms with E-state index in [1.165, 1.54) is 6.92 Å². The van der Waals surface area contributed by atoms with Crippen LogP contribution >= 0.6 is 11.6 Å². The maximum absolute atomic E-state index is 12.5. The monoisotopic (exact) mass is 181 g/mol. The number of pyridine rings is 1. The van der Waals surface area contributed by atoms with Crippen molar-refractivity contribution in [1.82, 2.24) is 4.98 Å². The summed E-state index contributed by atoms with van der Waals surface area (Å²) < 4.78 is 37.1. The highest BCUT2D eigenvalue weighted by molar-refractivity contribution is 6.31. The number of nitrogens with zero attached hydrogens (tertiary/aromatic N) is 1. The van der Waals surface area contributed by atoms with Gasteiger partial charge in [0.2, 0.25) is 5.95 Å². The van der Waals surface area contributed by atoms with Crippen LogP contribution in [0.4, 0.5) is 13.2 Å². The van der Waals surface area contributed by atoms with Crippen molar-refractivity contribution >= 4 is 11.6 Å². The van der Waals surface area contributed by atoms with Crippen molar-refractivity contribution in [3.05, 3.63) is 28.3 Å². The van der Waals surface area contributed by atoms with Crippen LogP contribution < -0.4 is 0 Å². The predicted molar refractivity (Wildman–Crippen MR) is 33.9 cm³/mol. The lowest BCUT2D eigenvalue weighted by atomic mass is 10.3. The fraction of sp³-hybridized carbons (Fsp3) is 0.167. The average molecular weight is 182 g/mol. The van der Waals surface area contributed by atoms with E-state index >= 15 is 0 Å². The molecule has 0 atom stereocenters.